The van der Waals surface area contributed by atoms with Gasteiger partial charge in [0.2, 0.25) is 11.8 Å². The normalized spacial score (nSPS) is 27.4. The molecule has 2 aliphatic carbocycles. The second kappa shape index (κ2) is 6.83. The molecule has 5 rings (SSSR count). The fraction of sp³-hybridized carbons (Fsp3) is 0.375. The SMILES string of the molecule is CCc1ccccc1NC(=O)c1ccccc1N1C(=O)[C@@H]2[C@@H]3CC[C@@H](C3)[C@@H]2C1=O. The summed E-state index contributed by atoms with van der Waals surface area (Å²) >= 11 is 0. The minimum Gasteiger partial charge on any atom is -0.322 e. The number of para-hydroxylation sites is 2. The molecule has 2 saturated carbocycles. The molecular weight excluding hydrogens is 364 g/mol. The molecule has 0 aromatic heterocycles. The summed E-state index contributed by atoms with van der Waals surface area (Å²) in [6.45, 7) is 2.04. The summed E-state index contributed by atoms with van der Waals surface area (Å²) in [5.41, 5.74) is 2.55. The Balaban J connectivity index is 1.48. The molecular formula is C24H24N2O3. The summed E-state index contributed by atoms with van der Waals surface area (Å²) in [5.74, 6) is -0.297. The molecule has 4 atom stereocenters. The number of imide groups is 1. The van der Waals surface area contributed by atoms with Crippen LogP contribution in [0.15, 0.2) is 48.5 Å². The van der Waals surface area contributed by atoms with Gasteiger partial charge in [-0.1, -0.05) is 37.3 Å². The molecule has 5 nitrogen and oxygen atoms in total. The van der Waals surface area contributed by atoms with E-state index in [1.54, 1.807) is 24.3 Å². The number of nitrogens with one attached hydrogen (secondary N) is 1. The van der Waals surface area contributed by atoms with Gasteiger partial charge in [0, 0.05) is 5.69 Å². The maximum absolute atomic E-state index is 13.2. The highest BCUT2D eigenvalue weighted by Crippen LogP contribution is 2.56. The van der Waals surface area contributed by atoms with E-state index in [1.807, 2.05) is 31.2 Å². The van der Waals surface area contributed by atoms with Crippen LogP contribution in [0.5, 0.6) is 0 Å². The number of anilines is 2. The highest BCUT2D eigenvalue weighted by atomic mass is 16.2. The first-order valence-corrected chi connectivity index (χ1v) is 10.5. The van der Waals surface area contributed by atoms with Crippen molar-refractivity contribution < 1.29 is 14.4 Å². The van der Waals surface area contributed by atoms with E-state index in [4.69, 9.17) is 0 Å². The molecule has 0 spiro atoms. The van der Waals surface area contributed by atoms with Crippen molar-refractivity contribution in [1.82, 2.24) is 0 Å². The first-order chi connectivity index (χ1) is 14.1. The molecule has 3 fully saturated rings. The molecule has 3 amide bonds. The van der Waals surface area contributed by atoms with Gasteiger partial charge in [-0.2, -0.15) is 0 Å². The van der Waals surface area contributed by atoms with E-state index < -0.39 is 0 Å². The Bertz CT molecular complexity index is 987. The van der Waals surface area contributed by atoms with Gasteiger partial charge in [-0.3, -0.25) is 14.4 Å². The van der Waals surface area contributed by atoms with Crippen molar-refractivity contribution in [2.24, 2.45) is 23.7 Å². The Morgan fingerprint density at radius 3 is 2.28 bits per heavy atom. The zero-order valence-electron chi connectivity index (χ0n) is 16.4. The first kappa shape index (κ1) is 18.1. The van der Waals surface area contributed by atoms with Gasteiger partial charge in [0.15, 0.2) is 0 Å². The van der Waals surface area contributed by atoms with Crippen molar-refractivity contribution in [1.29, 1.82) is 0 Å². The number of rotatable bonds is 4. The fourth-order valence-electron chi connectivity index (χ4n) is 5.65. The van der Waals surface area contributed by atoms with Crippen LogP contribution in [0.3, 0.4) is 0 Å². The number of aryl methyl sites for hydroxylation is 1. The standard InChI is InChI=1S/C24H24N2O3/c1-2-14-7-3-5-9-18(14)25-22(27)17-8-4-6-10-19(17)26-23(28)20-15-11-12-16(13-15)21(20)24(26)29/h3-10,15-16,20-21H,2,11-13H2,1H3,(H,25,27)/t15-,16+,20-,21+. The van der Waals surface area contributed by atoms with Crippen LogP contribution in [-0.4, -0.2) is 17.7 Å². The molecule has 5 heteroatoms. The van der Waals surface area contributed by atoms with Gasteiger partial charge in [0.1, 0.15) is 0 Å². The zero-order chi connectivity index (χ0) is 20.1. The van der Waals surface area contributed by atoms with E-state index in [1.165, 1.54) is 4.90 Å². The largest absolute Gasteiger partial charge is 0.322 e. The Hall–Kier alpha value is -2.95. The summed E-state index contributed by atoms with van der Waals surface area (Å²) in [4.78, 5) is 40.8. The summed E-state index contributed by atoms with van der Waals surface area (Å²) in [6.07, 6.45) is 3.87. The molecule has 1 aliphatic heterocycles. The molecule has 1 heterocycles. The van der Waals surface area contributed by atoms with Gasteiger partial charge in [-0.05, 0) is 61.3 Å². The van der Waals surface area contributed by atoms with Crippen LogP contribution in [-0.2, 0) is 16.0 Å². The van der Waals surface area contributed by atoms with E-state index >= 15 is 0 Å². The molecule has 0 unspecified atom stereocenters. The highest BCUT2D eigenvalue weighted by molar-refractivity contribution is 6.25. The first-order valence-electron chi connectivity index (χ1n) is 10.5. The van der Waals surface area contributed by atoms with Gasteiger partial charge in [0.25, 0.3) is 5.91 Å². The number of benzene rings is 2. The van der Waals surface area contributed by atoms with Crippen molar-refractivity contribution in [3.8, 4) is 0 Å². The molecule has 2 aromatic carbocycles. The maximum atomic E-state index is 13.2. The summed E-state index contributed by atoms with van der Waals surface area (Å²) in [6, 6.07) is 14.6. The highest BCUT2D eigenvalue weighted by Gasteiger charge is 2.61. The third-order valence-electron chi connectivity index (χ3n) is 6.96. The number of amides is 3. The topological polar surface area (TPSA) is 66.5 Å². The number of fused-ring (bicyclic) bond motifs is 5. The van der Waals surface area contributed by atoms with Crippen LogP contribution in [0.4, 0.5) is 11.4 Å². The third-order valence-corrected chi connectivity index (χ3v) is 6.96. The monoisotopic (exact) mass is 388 g/mol. The van der Waals surface area contributed by atoms with E-state index in [0.717, 1.165) is 36.9 Å². The van der Waals surface area contributed by atoms with E-state index in [-0.39, 0.29) is 29.6 Å². The lowest BCUT2D eigenvalue weighted by atomic mass is 9.81. The van der Waals surface area contributed by atoms with Crippen molar-refractivity contribution in [2.75, 3.05) is 10.2 Å². The second-order valence-electron chi connectivity index (χ2n) is 8.38. The molecule has 1 N–H and O–H groups in total. The minimum absolute atomic E-state index is 0.124. The van der Waals surface area contributed by atoms with E-state index in [2.05, 4.69) is 5.32 Å². The number of hydrogen-bond acceptors (Lipinski definition) is 3. The summed E-state index contributed by atoms with van der Waals surface area (Å²) in [7, 11) is 0. The molecule has 2 aromatic rings. The molecule has 29 heavy (non-hydrogen) atoms. The van der Waals surface area contributed by atoms with Crippen LogP contribution in [0.1, 0.15) is 42.1 Å². The second-order valence-corrected chi connectivity index (χ2v) is 8.38. The Labute approximate surface area is 170 Å². The lowest BCUT2D eigenvalue weighted by molar-refractivity contribution is -0.123. The van der Waals surface area contributed by atoms with Crippen LogP contribution in [0, 0.1) is 23.7 Å². The van der Waals surface area contributed by atoms with Crippen molar-refractivity contribution in [2.45, 2.75) is 32.6 Å². The number of carbonyl (C=O) groups excluding carboxylic acids is 3. The third kappa shape index (κ3) is 2.71. The van der Waals surface area contributed by atoms with Gasteiger partial charge in [0.05, 0.1) is 23.1 Å². The Morgan fingerprint density at radius 1 is 0.966 bits per heavy atom. The Morgan fingerprint density at radius 2 is 1.59 bits per heavy atom. The lowest BCUT2D eigenvalue weighted by Gasteiger charge is -2.20. The van der Waals surface area contributed by atoms with Crippen LogP contribution in [0.25, 0.3) is 0 Å². The lowest BCUT2D eigenvalue weighted by Crippen LogP contribution is -2.34. The van der Waals surface area contributed by atoms with Crippen LogP contribution in [0.2, 0.25) is 0 Å². The zero-order valence-corrected chi connectivity index (χ0v) is 16.4. The van der Waals surface area contributed by atoms with E-state index in [9.17, 15) is 14.4 Å². The number of carbonyl (C=O) groups is 3. The van der Waals surface area contributed by atoms with Gasteiger partial charge in [-0.25, -0.2) is 4.90 Å². The molecule has 1 saturated heterocycles. The summed E-state index contributed by atoms with van der Waals surface area (Å²) in [5, 5.41) is 2.96. The average molecular weight is 388 g/mol. The molecule has 0 radical (unpaired) electrons. The fourth-order valence-corrected chi connectivity index (χ4v) is 5.65. The predicted molar refractivity (Wildman–Crippen MR) is 111 cm³/mol. The molecule has 2 bridgehead atoms. The predicted octanol–water partition coefficient (Wildman–Crippen LogP) is 4.04. The molecule has 3 aliphatic rings. The number of hydrogen-bond donors (Lipinski definition) is 1. The van der Waals surface area contributed by atoms with E-state index in [0.29, 0.717) is 23.1 Å². The number of nitrogens with zero attached hydrogens (tertiary/aromatic N) is 1. The van der Waals surface area contributed by atoms with Gasteiger partial charge < -0.3 is 5.32 Å². The smallest absolute Gasteiger partial charge is 0.257 e. The average Bonchev–Trinajstić information content (AvgIpc) is 3.42. The van der Waals surface area contributed by atoms with Crippen LogP contribution < -0.4 is 10.2 Å². The maximum Gasteiger partial charge on any atom is 0.257 e. The van der Waals surface area contributed by atoms with Crippen molar-refractivity contribution >= 4 is 29.1 Å². The Kier molecular flexibility index (Phi) is 4.26. The van der Waals surface area contributed by atoms with Crippen molar-refractivity contribution in [3.63, 3.8) is 0 Å². The van der Waals surface area contributed by atoms with Crippen LogP contribution >= 0.6 is 0 Å². The quantitative estimate of drug-likeness (QED) is 0.804. The van der Waals surface area contributed by atoms with Gasteiger partial charge in [-0.15, -0.1) is 0 Å². The minimum atomic E-state index is -0.304. The molecule has 148 valence electrons. The van der Waals surface area contributed by atoms with Crippen molar-refractivity contribution in [3.05, 3.63) is 59.7 Å². The van der Waals surface area contributed by atoms with Gasteiger partial charge >= 0.3 is 0 Å². The summed E-state index contributed by atoms with van der Waals surface area (Å²) < 4.78 is 0.